The van der Waals surface area contributed by atoms with Crippen LogP contribution in [-0.2, 0) is 12.8 Å². The molecule has 0 saturated carbocycles. The first-order valence-electron chi connectivity index (χ1n) is 6.17. The molecule has 2 aromatic rings. The van der Waals surface area contributed by atoms with Gasteiger partial charge in [-0.05, 0) is 23.6 Å². The minimum atomic E-state index is 0.0709. The molecule has 0 fully saturated rings. The number of hydrogen-bond donors (Lipinski definition) is 0. The van der Waals surface area contributed by atoms with Crippen molar-refractivity contribution in [3.05, 3.63) is 69.2 Å². The molecule has 0 radical (unpaired) electrons. The first kappa shape index (κ1) is 14.1. The third-order valence-corrected chi connectivity index (χ3v) is 3.94. The molecular weight excluding hydrogens is 279 g/mol. The summed E-state index contributed by atoms with van der Waals surface area (Å²) in [6.07, 6.45) is 1.11. The average molecular weight is 293 g/mol. The summed E-state index contributed by atoms with van der Waals surface area (Å²) in [4.78, 5) is 12.4. The second-order valence-corrected chi connectivity index (χ2v) is 5.11. The highest BCUT2D eigenvalue weighted by atomic mass is 35.5. The van der Waals surface area contributed by atoms with Gasteiger partial charge in [0.15, 0.2) is 5.78 Å². The predicted molar refractivity (Wildman–Crippen MR) is 80.3 cm³/mol. The van der Waals surface area contributed by atoms with E-state index in [0.717, 1.165) is 23.1 Å². The summed E-state index contributed by atoms with van der Waals surface area (Å²) in [7, 11) is 0. The van der Waals surface area contributed by atoms with Crippen LogP contribution in [0, 0.1) is 0 Å². The van der Waals surface area contributed by atoms with Crippen LogP contribution in [0.2, 0.25) is 10.0 Å². The molecule has 0 heterocycles. The summed E-state index contributed by atoms with van der Waals surface area (Å²) in [6.45, 7) is 2.04. The second-order valence-electron chi connectivity index (χ2n) is 4.32. The highest BCUT2D eigenvalue weighted by Gasteiger charge is 2.13. The van der Waals surface area contributed by atoms with Crippen LogP contribution in [0.4, 0.5) is 0 Å². The van der Waals surface area contributed by atoms with Gasteiger partial charge in [-0.1, -0.05) is 66.5 Å². The smallest absolute Gasteiger partial charge is 0.167 e. The minimum Gasteiger partial charge on any atom is -0.294 e. The van der Waals surface area contributed by atoms with Gasteiger partial charge < -0.3 is 0 Å². The van der Waals surface area contributed by atoms with Crippen molar-refractivity contribution in [3.8, 4) is 0 Å². The van der Waals surface area contributed by atoms with Crippen LogP contribution in [0.15, 0.2) is 42.5 Å². The predicted octanol–water partition coefficient (Wildman–Crippen LogP) is 4.98. The first-order valence-corrected chi connectivity index (χ1v) is 6.93. The van der Waals surface area contributed by atoms with Crippen molar-refractivity contribution in [2.45, 2.75) is 19.8 Å². The van der Waals surface area contributed by atoms with Gasteiger partial charge in [0.25, 0.3) is 0 Å². The highest BCUT2D eigenvalue weighted by Crippen LogP contribution is 2.26. The standard InChI is InChI=1S/C16H14Cl2O/c1-2-11-6-3-4-8-13(11)15(19)10-12-7-5-9-14(17)16(12)18/h3-9H,2,10H2,1H3. The summed E-state index contributed by atoms with van der Waals surface area (Å²) in [5.41, 5.74) is 2.59. The van der Waals surface area contributed by atoms with Gasteiger partial charge in [0.1, 0.15) is 0 Å². The molecule has 2 aromatic carbocycles. The van der Waals surface area contributed by atoms with Gasteiger partial charge in [-0.3, -0.25) is 4.79 Å². The number of aryl methyl sites for hydroxylation is 1. The van der Waals surface area contributed by atoms with Gasteiger partial charge in [-0.25, -0.2) is 0 Å². The molecule has 0 N–H and O–H groups in total. The monoisotopic (exact) mass is 292 g/mol. The van der Waals surface area contributed by atoms with Gasteiger partial charge >= 0.3 is 0 Å². The number of hydrogen-bond acceptors (Lipinski definition) is 1. The Labute approximate surface area is 123 Å². The number of Topliss-reactive ketones (excluding diaryl/α,β-unsaturated/α-hetero) is 1. The van der Waals surface area contributed by atoms with Crippen LogP contribution < -0.4 is 0 Å². The second kappa shape index (κ2) is 6.23. The fraction of sp³-hybridized carbons (Fsp3) is 0.188. The van der Waals surface area contributed by atoms with E-state index >= 15 is 0 Å². The van der Waals surface area contributed by atoms with E-state index in [-0.39, 0.29) is 12.2 Å². The van der Waals surface area contributed by atoms with E-state index in [1.807, 2.05) is 43.3 Å². The first-order chi connectivity index (χ1) is 9.13. The lowest BCUT2D eigenvalue weighted by Gasteiger charge is -2.08. The molecule has 0 bridgehead atoms. The Hall–Kier alpha value is -1.31. The Bertz CT molecular complexity index is 605. The molecule has 1 nitrogen and oxygen atoms in total. The van der Waals surface area contributed by atoms with E-state index < -0.39 is 0 Å². The number of benzene rings is 2. The lowest BCUT2D eigenvalue weighted by molar-refractivity contribution is 0.0992. The molecule has 0 atom stereocenters. The number of halogens is 2. The van der Waals surface area contributed by atoms with Gasteiger partial charge in [0, 0.05) is 12.0 Å². The minimum absolute atomic E-state index is 0.0709. The Morgan fingerprint density at radius 1 is 1.00 bits per heavy atom. The Kier molecular flexibility index (Phi) is 4.62. The van der Waals surface area contributed by atoms with Crippen LogP contribution in [0.5, 0.6) is 0 Å². The fourth-order valence-corrected chi connectivity index (χ4v) is 2.44. The van der Waals surface area contributed by atoms with E-state index in [9.17, 15) is 4.79 Å². The molecular formula is C16H14Cl2O. The van der Waals surface area contributed by atoms with Crippen LogP contribution in [0.1, 0.15) is 28.4 Å². The molecule has 0 saturated heterocycles. The molecule has 19 heavy (non-hydrogen) atoms. The molecule has 3 heteroatoms. The van der Waals surface area contributed by atoms with Gasteiger partial charge in [0.2, 0.25) is 0 Å². The number of rotatable bonds is 4. The van der Waals surface area contributed by atoms with E-state index in [1.165, 1.54) is 0 Å². The zero-order valence-corrected chi connectivity index (χ0v) is 12.1. The Morgan fingerprint density at radius 2 is 1.68 bits per heavy atom. The SMILES string of the molecule is CCc1ccccc1C(=O)Cc1cccc(Cl)c1Cl. The van der Waals surface area contributed by atoms with E-state index in [0.29, 0.717) is 10.0 Å². The quantitative estimate of drug-likeness (QED) is 0.726. The van der Waals surface area contributed by atoms with Crippen molar-refractivity contribution in [1.82, 2.24) is 0 Å². The fourth-order valence-electron chi connectivity index (χ4n) is 2.05. The normalized spacial score (nSPS) is 10.5. The largest absolute Gasteiger partial charge is 0.294 e. The molecule has 0 spiro atoms. The molecule has 0 aliphatic carbocycles. The van der Waals surface area contributed by atoms with Crippen molar-refractivity contribution in [3.63, 3.8) is 0 Å². The molecule has 0 aromatic heterocycles. The van der Waals surface area contributed by atoms with Crippen molar-refractivity contribution in [2.24, 2.45) is 0 Å². The lowest BCUT2D eigenvalue weighted by Crippen LogP contribution is -2.07. The maximum absolute atomic E-state index is 12.4. The molecule has 2 rings (SSSR count). The third-order valence-electron chi connectivity index (χ3n) is 3.08. The van der Waals surface area contributed by atoms with Crippen LogP contribution >= 0.6 is 23.2 Å². The molecule has 98 valence electrons. The van der Waals surface area contributed by atoms with E-state index in [1.54, 1.807) is 6.07 Å². The van der Waals surface area contributed by atoms with Gasteiger partial charge in [-0.15, -0.1) is 0 Å². The van der Waals surface area contributed by atoms with E-state index in [4.69, 9.17) is 23.2 Å². The molecule has 0 aliphatic rings. The van der Waals surface area contributed by atoms with Crippen molar-refractivity contribution < 1.29 is 4.79 Å². The van der Waals surface area contributed by atoms with Crippen molar-refractivity contribution >= 4 is 29.0 Å². The number of ketones is 1. The lowest BCUT2D eigenvalue weighted by atomic mass is 9.97. The van der Waals surface area contributed by atoms with Crippen LogP contribution in [0.3, 0.4) is 0 Å². The molecule has 0 aliphatic heterocycles. The summed E-state index contributed by atoms with van der Waals surface area (Å²) in [5.74, 6) is 0.0709. The molecule has 0 unspecified atom stereocenters. The average Bonchev–Trinajstić information content (AvgIpc) is 2.43. The number of carbonyl (C=O) groups is 1. The zero-order valence-electron chi connectivity index (χ0n) is 10.6. The Morgan fingerprint density at radius 3 is 2.42 bits per heavy atom. The van der Waals surface area contributed by atoms with Crippen molar-refractivity contribution in [2.75, 3.05) is 0 Å². The van der Waals surface area contributed by atoms with Gasteiger partial charge in [-0.2, -0.15) is 0 Å². The van der Waals surface area contributed by atoms with Gasteiger partial charge in [0.05, 0.1) is 10.0 Å². The van der Waals surface area contributed by atoms with Crippen LogP contribution in [-0.4, -0.2) is 5.78 Å². The number of carbonyl (C=O) groups excluding carboxylic acids is 1. The summed E-state index contributed by atoms with van der Waals surface area (Å²) >= 11 is 12.1. The summed E-state index contributed by atoms with van der Waals surface area (Å²) in [5, 5.41) is 0.947. The molecule has 0 amide bonds. The Balaban J connectivity index is 2.28. The van der Waals surface area contributed by atoms with Crippen molar-refractivity contribution in [1.29, 1.82) is 0 Å². The zero-order chi connectivity index (χ0) is 13.8. The maximum Gasteiger partial charge on any atom is 0.167 e. The summed E-state index contributed by atoms with van der Waals surface area (Å²) < 4.78 is 0. The highest BCUT2D eigenvalue weighted by molar-refractivity contribution is 6.42. The topological polar surface area (TPSA) is 17.1 Å². The van der Waals surface area contributed by atoms with E-state index in [2.05, 4.69) is 0 Å². The third kappa shape index (κ3) is 3.17. The van der Waals surface area contributed by atoms with Crippen LogP contribution in [0.25, 0.3) is 0 Å². The maximum atomic E-state index is 12.4. The summed E-state index contributed by atoms with van der Waals surface area (Å²) in [6, 6.07) is 13.0.